The van der Waals surface area contributed by atoms with Crippen molar-refractivity contribution in [2.75, 3.05) is 31.1 Å². The summed E-state index contributed by atoms with van der Waals surface area (Å²) in [6.45, 7) is 3.00. The number of hydrogen-bond donors (Lipinski definition) is 0. The van der Waals surface area contributed by atoms with Gasteiger partial charge in [0.25, 0.3) is 0 Å². The van der Waals surface area contributed by atoms with Crippen LogP contribution in [0.25, 0.3) is 0 Å². The second-order valence-electron chi connectivity index (χ2n) is 10.0. The van der Waals surface area contributed by atoms with Crippen LogP contribution in [0.2, 0.25) is 0 Å². The average molecular weight is 468 g/mol. The summed E-state index contributed by atoms with van der Waals surface area (Å²) in [5, 5.41) is 6.25. The molecule has 3 heterocycles. The Morgan fingerprint density at radius 2 is 1.54 bits per heavy atom. The number of urea groups is 1. The van der Waals surface area contributed by atoms with E-state index in [9.17, 15) is 4.79 Å². The van der Waals surface area contributed by atoms with Gasteiger partial charge in [-0.1, -0.05) is 61.4 Å². The van der Waals surface area contributed by atoms with Gasteiger partial charge in [0.1, 0.15) is 5.82 Å². The number of fused-ring (bicyclic) bond motifs is 1. The van der Waals surface area contributed by atoms with Crippen molar-refractivity contribution in [3.8, 4) is 0 Å². The molecule has 1 saturated heterocycles. The fourth-order valence-corrected chi connectivity index (χ4v) is 5.95. The van der Waals surface area contributed by atoms with E-state index in [0.29, 0.717) is 19.0 Å². The van der Waals surface area contributed by atoms with Crippen LogP contribution in [-0.4, -0.2) is 59.4 Å². The van der Waals surface area contributed by atoms with Crippen molar-refractivity contribution >= 4 is 18.1 Å². The van der Waals surface area contributed by atoms with Crippen molar-refractivity contribution in [3.63, 3.8) is 0 Å². The molecule has 2 aromatic rings. The number of piperazine rings is 1. The first kappa shape index (κ1) is 22.1. The normalized spacial score (nSPS) is 21.7. The molecule has 180 valence electrons. The Morgan fingerprint density at radius 1 is 0.857 bits per heavy atom. The van der Waals surface area contributed by atoms with Gasteiger partial charge >= 0.3 is 6.03 Å². The molecule has 1 aromatic carbocycles. The summed E-state index contributed by atoms with van der Waals surface area (Å²) >= 11 is 0. The Bertz CT molecular complexity index is 1130. The highest BCUT2D eigenvalue weighted by Crippen LogP contribution is 2.48. The van der Waals surface area contributed by atoms with Gasteiger partial charge < -0.3 is 9.80 Å². The van der Waals surface area contributed by atoms with Gasteiger partial charge in [-0.3, -0.25) is 0 Å². The molecule has 1 unspecified atom stereocenters. The molecule has 6 rings (SSSR count). The highest BCUT2D eigenvalue weighted by Gasteiger charge is 2.45. The third-order valence-electron chi connectivity index (χ3n) is 7.95. The molecule has 6 nitrogen and oxygen atoms in total. The molecule has 6 heteroatoms. The van der Waals surface area contributed by atoms with Crippen molar-refractivity contribution in [1.82, 2.24) is 14.9 Å². The number of nitrogens with zero attached hydrogens (tertiary/aromatic N) is 5. The van der Waals surface area contributed by atoms with E-state index in [0.717, 1.165) is 25.3 Å². The maximum absolute atomic E-state index is 13.5. The van der Waals surface area contributed by atoms with E-state index in [1.54, 1.807) is 5.01 Å². The first-order chi connectivity index (χ1) is 17.3. The molecule has 1 atom stereocenters. The van der Waals surface area contributed by atoms with Crippen molar-refractivity contribution in [2.45, 2.75) is 50.0 Å². The predicted molar refractivity (Wildman–Crippen MR) is 139 cm³/mol. The number of amides is 2. The van der Waals surface area contributed by atoms with Crippen molar-refractivity contribution in [1.29, 1.82) is 0 Å². The lowest BCUT2D eigenvalue weighted by molar-refractivity contribution is 0.138. The minimum atomic E-state index is 0.0266. The largest absolute Gasteiger partial charge is 0.353 e. The molecule has 2 amide bonds. The smallest absolute Gasteiger partial charge is 0.340 e. The topological polar surface area (TPSA) is 52.0 Å². The summed E-state index contributed by atoms with van der Waals surface area (Å²) in [4.78, 5) is 22.4. The van der Waals surface area contributed by atoms with Crippen LogP contribution in [0.15, 0.2) is 72.0 Å². The van der Waals surface area contributed by atoms with E-state index >= 15 is 0 Å². The lowest BCUT2D eigenvalue weighted by atomic mass is 9.99. The van der Waals surface area contributed by atoms with Crippen LogP contribution < -0.4 is 4.90 Å². The van der Waals surface area contributed by atoms with Gasteiger partial charge in [0.2, 0.25) is 0 Å². The minimum Gasteiger partial charge on any atom is -0.353 e. The zero-order chi connectivity index (χ0) is 23.6. The lowest BCUT2D eigenvalue weighted by Crippen LogP contribution is -2.53. The maximum atomic E-state index is 13.5. The fourth-order valence-electron chi connectivity index (χ4n) is 5.95. The SMILES string of the molecule is O=C(N1CCN(c2cc(C3CCCC3)ccn2)CC1)N1N=CCC1C1c2ccccccccc21. The number of aromatic nitrogens is 1. The van der Waals surface area contributed by atoms with E-state index in [-0.39, 0.29) is 18.0 Å². The van der Waals surface area contributed by atoms with Crippen molar-refractivity contribution in [3.05, 3.63) is 83.6 Å². The number of pyridine rings is 1. The Balaban J connectivity index is 1.11. The fraction of sp³-hybridized carbons (Fsp3) is 0.414. The van der Waals surface area contributed by atoms with Gasteiger partial charge in [0, 0.05) is 50.9 Å². The van der Waals surface area contributed by atoms with Crippen molar-refractivity contribution in [2.24, 2.45) is 5.10 Å². The van der Waals surface area contributed by atoms with E-state index in [2.05, 4.69) is 51.4 Å². The van der Waals surface area contributed by atoms with Crippen LogP contribution in [0.1, 0.15) is 60.6 Å². The molecule has 0 spiro atoms. The number of hydrogen-bond acceptors (Lipinski definition) is 4. The molecule has 2 aliphatic heterocycles. The summed E-state index contributed by atoms with van der Waals surface area (Å²) in [6.07, 6.45) is 9.91. The van der Waals surface area contributed by atoms with Gasteiger partial charge in [-0.25, -0.2) is 14.8 Å². The quantitative estimate of drug-likeness (QED) is 0.615. The van der Waals surface area contributed by atoms with E-state index in [4.69, 9.17) is 0 Å². The molecular formula is C29H33N5O. The Kier molecular flexibility index (Phi) is 6.11. The van der Waals surface area contributed by atoms with Crippen LogP contribution in [0.4, 0.5) is 10.6 Å². The molecule has 2 aliphatic carbocycles. The molecule has 0 radical (unpaired) electrons. The Morgan fingerprint density at radius 3 is 2.26 bits per heavy atom. The van der Waals surface area contributed by atoms with Crippen LogP contribution in [0.5, 0.6) is 0 Å². The summed E-state index contributed by atoms with van der Waals surface area (Å²) in [5.74, 6) is 2.00. The van der Waals surface area contributed by atoms with Gasteiger partial charge in [-0.15, -0.1) is 0 Å². The molecule has 0 N–H and O–H groups in total. The summed E-state index contributed by atoms with van der Waals surface area (Å²) in [7, 11) is 0. The molecule has 1 aromatic heterocycles. The van der Waals surface area contributed by atoms with Crippen LogP contribution in [0.3, 0.4) is 0 Å². The molecule has 35 heavy (non-hydrogen) atoms. The van der Waals surface area contributed by atoms with E-state index in [1.165, 1.54) is 42.4 Å². The second-order valence-corrected chi connectivity index (χ2v) is 10.0. The number of rotatable bonds is 3. The average Bonchev–Trinajstić information content (AvgIpc) is 3.29. The highest BCUT2D eigenvalue weighted by molar-refractivity contribution is 5.79. The van der Waals surface area contributed by atoms with E-state index < -0.39 is 0 Å². The van der Waals surface area contributed by atoms with Crippen LogP contribution in [-0.2, 0) is 0 Å². The molecule has 4 aliphatic rings. The minimum absolute atomic E-state index is 0.0266. The number of carbonyl (C=O) groups excluding carboxylic acids is 1. The predicted octanol–water partition coefficient (Wildman–Crippen LogP) is 5.31. The van der Waals surface area contributed by atoms with Gasteiger partial charge in [0.15, 0.2) is 0 Å². The van der Waals surface area contributed by atoms with Crippen LogP contribution >= 0.6 is 0 Å². The molecule has 2 fully saturated rings. The van der Waals surface area contributed by atoms with Crippen LogP contribution in [0, 0.1) is 0 Å². The van der Waals surface area contributed by atoms with E-state index in [1.807, 2.05) is 41.6 Å². The lowest BCUT2D eigenvalue weighted by Gasteiger charge is -2.37. The number of hydrazone groups is 1. The van der Waals surface area contributed by atoms with Gasteiger partial charge in [-0.05, 0) is 47.6 Å². The zero-order valence-electron chi connectivity index (χ0n) is 20.2. The zero-order valence-corrected chi connectivity index (χ0v) is 20.2. The molecule has 1 saturated carbocycles. The van der Waals surface area contributed by atoms with Gasteiger partial charge in [0.05, 0.1) is 6.04 Å². The molecular weight excluding hydrogens is 434 g/mol. The Hall–Kier alpha value is -3.41. The Labute approximate surface area is 207 Å². The van der Waals surface area contributed by atoms with Crippen molar-refractivity contribution < 1.29 is 4.79 Å². The highest BCUT2D eigenvalue weighted by atomic mass is 16.2. The number of anilines is 1. The first-order valence-electron chi connectivity index (χ1n) is 13.0. The molecule has 0 bridgehead atoms. The summed E-state index contributed by atoms with van der Waals surface area (Å²) in [5.41, 5.74) is 4.05. The maximum Gasteiger partial charge on any atom is 0.340 e. The third-order valence-corrected chi connectivity index (χ3v) is 7.95. The second kappa shape index (κ2) is 9.68. The first-order valence-corrected chi connectivity index (χ1v) is 13.0. The monoisotopic (exact) mass is 467 g/mol. The van der Waals surface area contributed by atoms with Gasteiger partial charge in [-0.2, -0.15) is 5.10 Å². The summed E-state index contributed by atoms with van der Waals surface area (Å²) in [6, 6.07) is 21.2. The number of carbonyl (C=O) groups is 1. The summed E-state index contributed by atoms with van der Waals surface area (Å²) < 4.78 is 0. The standard InChI is InChI=1S/C29H33N5O/c35-29(34-26(14-16-31-34)28-24-11-5-3-1-2-4-6-12-25(24)28)33-19-17-32(18-20-33)27-21-23(13-15-30-27)22-9-7-8-10-22/h1-6,11-13,15-16,21-22,26,28H,7-10,14,17-20H2. The third kappa shape index (κ3) is 4.49.